The highest BCUT2D eigenvalue weighted by molar-refractivity contribution is 9.10. The number of ether oxygens (including phenoxy) is 2. The highest BCUT2D eigenvalue weighted by Gasteiger charge is 2.58. The van der Waals surface area contributed by atoms with E-state index in [1.165, 1.54) is 7.11 Å². The highest BCUT2D eigenvalue weighted by Crippen LogP contribution is 2.51. The van der Waals surface area contributed by atoms with Gasteiger partial charge >= 0.3 is 5.97 Å². The van der Waals surface area contributed by atoms with Crippen LogP contribution in [-0.4, -0.2) is 42.9 Å². The van der Waals surface area contributed by atoms with E-state index >= 15 is 0 Å². The maximum atomic E-state index is 14.5. The molecule has 0 saturated carbocycles. The first-order valence-corrected chi connectivity index (χ1v) is 14.4. The third-order valence-corrected chi connectivity index (χ3v) is 8.18. The zero-order valence-corrected chi connectivity index (χ0v) is 24.9. The van der Waals surface area contributed by atoms with Crippen molar-refractivity contribution in [3.8, 4) is 5.75 Å². The number of methoxy groups -OCH3 is 2. The summed E-state index contributed by atoms with van der Waals surface area (Å²) in [6, 6.07) is 31.4. The fourth-order valence-corrected chi connectivity index (χ4v) is 6.25. The smallest absolute Gasteiger partial charge is 0.311 e. The molecule has 1 heterocycles. The second-order valence-corrected chi connectivity index (χ2v) is 11.0. The summed E-state index contributed by atoms with van der Waals surface area (Å²) in [5.41, 5.74) is 2.68. The summed E-state index contributed by atoms with van der Waals surface area (Å²) in [5.74, 6) is -2.14. The van der Waals surface area contributed by atoms with E-state index in [1.807, 2.05) is 91.0 Å². The van der Waals surface area contributed by atoms with E-state index in [4.69, 9.17) is 9.47 Å². The van der Waals surface area contributed by atoms with E-state index in [0.29, 0.717) is 11.3 Å². The zero-order valence-electron chi connectivity index (χ0n) is 23.3. The maximum Gasteiger partial charge on any atom is 0.311 e. The van der Waals surface area contributed by atoms with Crippen molar-refractivity contribution in [2.45, 2.75) is 24.5 Å². The van der Waals surface area contributed by atoms with Crippen molar-refractivity contribution in [1.82, 2.24) is 10.2 Å². The largest absolute Gasteiger partial charge is 0.496 e. The molecule has 0 radical (unpaired) electrons. The van der Waals surface area contributed by atoms with Crippen molar-refractivity contribution in [3.05, 3.63) is 136 Å². The molecule has 4 unspecified atom stereocenters. The predicted molar refractivity (Wildman–Crippen MR) is 163 cm³/mol. The van der Waals surface area contributed by atoms with Gasteiger partial charge in [-0.25, -0.2) is 0 Å². The summed E-state index contributed by atoms with van der Waals surface area (Å²) in [5, 5.41) is 3.04. The highest BCUT2D eigenvalue weighted by atomic mass is 79.9. The number of nitrogens with zero attached hydrogens (tertiary/aromatic N) is 1. The minimum absolute atomic E-state index is 0.179. The van der Waals surface area contributed by atoms with Crippen molar-refractivity contribution in [2.24, 2.45) is 5.92 Å². The van der Waals surface area contributed by atoms with Gasteiger partial charge in [0.15, 0.2) is 0 Å². The van der Waals surface area contributed by atoms with Crippen LogP contribution in [0, 0.1) is 5.92 Å². The van der Waals surface area contributed by atoms with Crippen molar-refractivity contribution in [2.75, 3.05) is 14.2 Å². The number of rotatable bonds is 8. The summed E-state index contributed by atoms with van der Waals surface area (Å²) in [4.78, 5) is 44.0. The molecule has 5 rings (SSSR count). The minimum Gasteiger partial charge on any atom is -0.496 e. The van der Waals surface area contributed by atoms with E-state index in [2.05, 4.69) is 21.2 Å². The van der Waals surface area contributed by atoms with Gasteiger partial charge in [0.05, 0.1) is 26.2 Å². The number of esters is 1. The summed E-state index contributed by atoms with van der Waals surface area (Å²) >= 11 is 3.47. The van der Waals surface area contributed by atoms with Crippen LogP contribution in [0.3, 0.4) is 0 Å². The van der Waals surface area contributed by atoms with Crippen molar-refractivity contribution in [1.29, 1.82) is 0 Å². The summed E-state index contributed by atoms with van der Waals surface area (Å²) in [6.45, 7) is 0.179. The molecule has 0 aromatic heterocycles. The lowest BCUT2D eigenvalue weighted by atomic mass is 9.80. The Morgan fingerprint density at radius 1 is 0.810 bits per heavy atom. The van der Waals surface area contributed by atoms with Gasteiger partial charge in [-0.2, -0.15) is 0 Å². The molecule has 1 saturated heterocycles. The van der Waals surface area contributed by atoms with E-state index in [-0.39, 0.29) is 18.4 Å². The molecular weight excluding hydrogens is 596 g/mol. The van der Waals surface area contributed by atoms with Gasteiger partial charge in [0, 0.05) is 28.1 Å². The molecule has 4 aromatic rings. The molecule has 1 aliphatic rings. The number of carbonyl (C=O) groups is 3. The molecule has 1 fully saturated rings. The Bertz CT molecular complexity index is 1560. The number of para-hydroxylation sites is 1. The number of likely N-dealkylation sites (tertiary alicyclic amines) is 1. The molecule has 1 N–H and O–H groups in total. The van der Waals surface area contributed by atoms with Crippen LogP contribution in [-0.2, 0) is 20.9 Å². The van der Waals surface area contributed by atoms with Crippen LogP contribution in [0.25, 0.3) is 0 Å². The zero-order chi connectivity index (χ0) is 29.6. The first kappa shape index (κ1) is 29.1. The van der Waals surface area contributed by atoms with Gasteiger partial charge in [0.2, 0.25) is 5.91 Å². The Morgan fingerprint density at radius 2 is 1.45 bits per heavy atom. The Morgan fingerprint density at radius 3 is 2.10 bits per heavy atom. The van der Waals surface area contributed by atoms with E-state index in [0.717, 1.165) is 21.2 Å². The molecule has 2 amide bonds. The molecule has 42 heavy (non-hydrogen) atoms. The molecule has 7 nitrogen and oxygen atoms in total. The molecule has 4 atom stereocenters. The van der Waals surface area contributed by atoms with Crippen molar-refractivity contribution >= 4 is 33.7 Å². The van der Waals surface area contributed by atoms with Gasteiger partial charge in [-0.3, -0.25) is 14.4 Å². The first-order valence-electron chi connectivity index (χ1n) is 13.6. The third-order valence-electron chi connectivity index (χ3n) is 7.69. The number of halogens is 1. The third kappa shape index (κ3) is 5.81. The molecule has 0 spiro atoms. The van der Waals surface area contributed by atoms with Crippen LogP contribution in [0.1, 0.15) is 39.0 Å². The lowest BCUT2D eigenvalue weighted by Crippen LogP contribution is -2.48. The monoisotopic (exact) mass is 626 g/mol. The van der Waals surface area contributed by atoms with Gasteiger partial charge < -0.3 is 19.7 Å². The quantitative estimate of drug-likeness (QED) is 0.246. The standard InChI is InChI=1S/C34H31BrN2O5/c1-41-27-19-10-9-16-25(27)21-36-32(38)31-28(22-12-5-3-6-13-22)29(34(40)42-2)30(23-14-7-4-8-15-23)37(31)33(39)24-17-11-18-26(35)20-24/h3-20,28-31H,21H2,1-2H3,(H,36,38). The summed E-state index contributed by atoms with van der Waals surface area (Å²) < 4.78 is 11.6. The topological polar surface area (TPSA) is 84.9 Å². The number of hydrogen-bond acceptors (Lipinski definition) is 5. The van der Waals surface area contributed by atoms with Crippen LogP contribution in [0.15, 0.2) is 114 Å². The predicted octanol–water partition coefficient (Wildman–Crippen LogP) is 5.91. The molecule has 4 aromatic carbocycles. The Balaban J connectivity index is 1.67. The normalized spacial score (nSPS) is 19.6. The minimum atomic E-state index is -1.03. The second-order valence-electron chi connectivity index (χ2n) is 10.0. The second kappa shape index (κ2) is 13.0. The Hall–Kier alpha value is -4.43. The van der Waals surface area contributed by atoms with Crippen LogP contribution in [0.5, 0.6) is 5.75 Å². The Labute approximate surface area is 253 Å². The van der Waals surface area contributed by atoms with Crippen LogP contribution in [0.2, 0.25) is 0 Å². The van der Waals surface area contributed by atoms with E-state index < -0.39 is 29.9 Å². The first-order chi connectivity index (χ1) is 20.4. The number of hydrogen-bond donors (Lipinski definition) is 1. The van der Waals surface area contributed by atoms with Crippen molar-refractivity contribution < 1.29 is 23.9 Å². The number of amides is 2. The van der Waals surface area contributed by atoms with Crippen LogP contribution < -0.4 is 10.1 Å². The van der Waals surface area contributed by atoms with Crippen LogP contribution in [0.4, 0.5) is 0 Å². The van der Waals surface area contributed by atoms with Gasteiger partial charge in [-0.05, 0) is 35.4 Å². The number of benzene rings is 4. The average molecular weight is 628 g/mol. The number of carbonyl (C=O) groups excluding carboxylic acids is 3. The molecule has 0 aliphatic carbocycles. The summed E-state index contributed by atoms with van der Waals surface area (Å²) in [7, 11) is 2.91. The summed E-state index contributed by atoms with van der Waals surface area (Å²) in [6.07, 6.45) is 0. The molecule has 0 bridgehead atoms. The lowest BCUT2D eigenvalue weighted by Gasteiger charge is -2.31. The van der Waals surface area contributed by atoms with E-state index in [9.17, 15) is 14.4 Å². The Kier molecular flexibility index (Phi) is 9.03. The fraction of sp³-hybridized carbons (Fsp3) is 0.206. The molecule has 8 heteroatoms. The molecular formula is C34H31BrN2O5. The molecule has 214 valence electrons. The van der Waals surface area contributed by atoms with Crippen molar-refractivity contribution in [3.63, 3.8) is 0 Å². The maximum absolute atomic E-state index is 14.5. The number of nitrogens with one attached hydrogen (secondary N) is 1. The van der Waals surface area contributed by atoms with Gasteiger partial charge in [0.1, 0.15) is 11.8 Å². The van der Waals surface area contributed by atoms with Gasteiger partial charge in [0.25, 0.3) is 5.91 Å². The van der Waals surface area contributed by atoms with Crippen LogP contribution >= 0.6 is 15.9 Å². The van der Waals surface area contributed by atoms with Gasteiger partial charge in [-0.1, -0.05) is 101 Å². The fourth-order valence-electron chi connectivity index (χ4n) is 5.86. The van der Waals surface area contributed by atoms with Gasteiger partial charge in [-0.15, -0.1) is 0 Å². The SMILES string of the molecule is COC(=O)C1C(c2ccccc2)C(C(=O)NCc2ccccc2OC)N(C(=O)c2cccc(Br)c2)C1c1ccccc1. The van der Waals surface area contributed by atoms with E-state index in [1.54, 1.807) is 30.2 Å². The lowest BCUT2D eigenvalue weighted by molar-refractivity contribution is -0.146. The average Bonchev–Trinajstić information content (AvgIpc) is 3.40. The molecule has 1 aliphatic heterocycles.